The van der Waals surface area contributed by atoms with Gasteiger partial charge in [0, 0.05) is 26.0 Å². The monoisotopic (exact) mass is 407 g/mol. The summed E-state index contributed by atoms with van der Waals surface area (Å²) in [4.78, 5) is 19.6. The summed E-state index contributed by atoms with van der Waals surface area (Å²) >= 11 is 0. The van der Waals surface area contributed by atoms with Crippen molar-refractivity contribution in [2.45, 2.75) is 31.1 Å². The maximum atomic E-state index is 13.7. The fourth-order valence-corrected chi connectivity index (χ4v) is 4.19. The van der Waals surface area contributed by atoms with Crippen LogP contribution in [0.15, 0.2) is 58.9 Å². The van der Waals surface area contributed by atoms with E-state index < -0.39 is 0 Å². The van der Waals surface area contributed by atoms with E-state index in [1.165, 1.54) is 6.07 Å². The van der Waals surface area contributed by atoms with Gasteiger partial charge in [0.2, 0.25) is 0 Å². The lowest BCUT2D eigenvalue weighted by Crippen LogP contribution is -2.47. The van der Waals surface area contributed by atoms with Crippen LogP contribution in [-0.4, -0.2) is 56.4 Å². The van der Waals surface area contributed by atoms with E-state index in [1.807, 2.05) is 18.3 Å². The molecule has 2 unspecified atom stereocenters. The van der Waals surface area contributed by atoms with Crippen molar-refractivity contribution in [2.24, 2.45) is 17.1 Å². The second-order valence-electron chi connectivity index (χ2n) is 7.64. The van der Waals surface area contributed by atoms with Gasteiger partial charge in [-0.3, -0.25) is 9.48 Å². The predicted molar refractivity (Wildman–Crippen MR) is 110 cm³/mol. The van der Waals surface area contributed by atoms with Gasteiger partial charge in [-0.1, -0.05) is 12.1 Å². The Morgan fingerprint density at radius 3 is 3.00 bits per heavy atom. The molecule has 0 saturated carbocycles. The number of hydrogen-bond donors (Lipinski definition) is 1. The Labute approximate surface area is 173 Å². The van der Waals surface area contributed by atoms with Crippen molar-refractivity contribution < 1.29 is 9.18 Å². The first-order chi connectivity index (χ1) is 14.6. The summed E-state index contributed by atoms with van der Waals surface area (Å²) in [5, 5.41) is 13.2. The number of fused-ring (bicyclic) bond motifs is 1. The molecule has 1 amide bonds. The normalized spacial score (nSPS) is 24.9. The fraction of sp³-hybridized carbons (Fsp3) is 0.333. The summed E-state index contributed by atoms with van der Waals surface area (Å²) in [6, 6.07) is 8.15. The van der Waals surface area contributed by atoms with E-state index in [0.29, 0.717) is 5.69 Å². The van der Waals surface area contributed by atoms with Crippen molar-refractivity contribution in [2.75, 3.05) is 6.54 Å². The molecule has 9 heteroatoms. The number of amides is 1. The number of benzene rings is 1. The first kappa shape index (κ1) is 18.5. The number of aryl methyl sites for hydroxylation is 1. The summed E-state index contributed by atoms with van der Waals surface area (Å²) in [7, 11) is 1.77. The molecule has 1 aromatic carbocycles. The van der Waals surface area contributed by atoms with E-state index in [2.05, 4.69) is 20.4 Å². The number of aliphatic imine (C=N–C) groups is 1. The van der Waals surface area contributed by atoms with Crippen molar-refractivity contribution in [3.05, 3.63) is 65.9 Å². The van der Waals surface area contributed by atoms with Crippen molar-refractivity contribution >= 4 is 18.0 Å². The molecule has 8 nitrogen and oxygen atoms in total. The predicted octanol–water partition coefficient (Wildman–Crippen LogP) is 2.05. The lowest BCUT2D eigenvalue weighted by Gasteiger charge is -2.32. The molecule has 154 valence electrons. The van der Waals surface area contributed by atoms with Gasteiger partial charge >= 0.3 is 0 Å². The first-order valence-electron chi connectivity index (χ1n) is 9.99. The highest BCUT2D eigenvalue weighted by Crippen LogP contribution is 2.34. The minimum absolute atomic E-state index is 0.0829. The lowest BCUT2D eigenvalue weighted by atomic mass is 10.0. The van der Waals surface area contributed by atoms with Crippen LogP contribution in [0.2, 0.25) is 0 Å². The second-order valence-corrected chi connectivity index (χ2v) is 7.64. The second kappa shape index (κ2) is 7.40. The third-order valence-corrected chi connectivity index (χ3v) is 5.62. The van der Waals surface area contributed by atoms with Gasteiger partial charge in [0.15, 0.2) is 6.17 Å². The Bertz CT molecular complexity index is 1060. The minimum atomic E-state index is -0.366. The van der Waals surface area contributed by atoms with Crippen LogP contribution in [0.1, 0.15) is 34.9 Å². The maximum Gasteiger partial charge on any atom is 0.272 e. The number of aromatic nitrogens is 2. The molecule has 1 fully saturated rings. The number of hydrazone groups is 1. The summed E-state index contributed by atoms with van der Waals surface area (Å²) in [5.41, 5.74) is 1.30. The summed E-state index contributed by atoms with van der Waals surface area (Å²) in [6.45, 7) is 0.850. The lowest BCUT2D eigenvalue weighted by molar-refractivity contribution is 0.0930. The number of carbonyl (C=O) groups excluding carboxylic acids is 1. The number of likely N-dealkylation sites (tertiary alicyclic amines) is 1. The van der Waals surface area contributed by atoms with Gasteiger partial charge in [0.1, 0.15) is 23.4 Å². The van der Waals surface area contributed by atoms with Crippen LogP contribution in [0, 0.1) is 5.82 Å². The minimum Gasteiger partial charge on any atom is -0.350 e. The molecule has 3 atom stereocenters. The standard InChI is InChI=1S/C21H22FN7O/c1-27-10-7-16(26-27)21(30)24-17-13-23-29-11-8-19(25-20(17)29)28-9-3-6-18(28)14-4-2-5-15(22)12-14/h2,4-5,7-8,10-13,17-18,20H,3,6,9H2,1H3,(H,24,30)/t17?,18-,20?/m1/s1. The molecular formula is C21H22FN7O. The van der Waals surface area contributed by atoms with E-state index in [9.17, 15) is 9.18 Å². The number of carbonyl (C=O) groups is 1. The summed E-state index contributed by atoms with van der Waals surface area (Å²) in [6.07, 6.45) is 8.82. The Balaban J connectivity index is 1.35. The largest absolute Gasteiger partial charge is 0.350 e. The molecule has 0 bridgehead atoms. The Morgan fingerprint density at radius 1 is 1.30 bits per heavy atom. The van der Waals surface area contributed by atoms with Gasteiger partial charge in [-0.25, -0.2) is 14.4 Å². The molecule has 30 heavy (non-hydrogen) atoms. The quantitative estimate of drug-likeness (QED) is 0.845. The highest BCUT2D eigenvalue weighted by molar-refractivity contribution is 5.96. The SMILES string of the molecule is Cn1ccc(C(=O)NC2C=NN3C=CC(N4CCC[C@@H]4c4cccc(F)c4)=NC23)n1. The molecule has 1 aromatic heterocycles. The average Bonchev–Trinajstić information content (AvgIpc) is 3.47. The number of halogens is 1. The van der Waals surface area contributed by atoms with Crippen molar-refractivity contribution in [3.8, 4) is 0 Å². The Hall–Kier alpha value is -3.49. The molecule has 3 aliphatic rings. The summed E-state index contributed by atoms with van der Waals surface area (Å²) < 4.78 is 15.3. The molecule has 3 aliphatic heterocycles. The number of amidine groups is 1. The molecule has 0 radical (unpaired) electrons. The van der Waals surface area contributed by atoms with Gasteiger partial charge < -0.3 is 10.2 Å². The number of nitrogens with zero attached hydrogens (tertiary/aromatic N) is 6. The molecular weight excluding hydrogens is 385 g/mol. The van der Waals surface area contributed by atoms with E-state index >= 15 is 0 Å². The molecule has 4 heterocycles. The zero-order valence-corrected chi connectivity index (χ0v) is 16.5. The zero-order chi connectivity index (χ0) is 20.7. The third-order valence-electron chi connectivity index (χ3n) is 5.62. The smallest absolute Gasteiger partial charge is 0.272 e. The Morgan fingerprint density at radius 2 is 2.20 bits per heavy atom. The van der Waals surface area contributed by atoms with Crippen molar-refractivity contribution in [1.82, 2.24) is 25.0 Å². The first-order valence-corrected chi connectivity index (χ1v) is 9.99. The van der Waals surface area contributed by atoms with Crippen LogP contribution >= 0.6 is 0 Å². The summed E-state index contributed by atoms with van der Waals surface area (Å²) in [5.74, 6) is 0.331. The number of rotatable bonds is 3. The third kappa shape index (κ3) is 3.36. The van der Waals surface area contributed by atoms with E-state index in [1.54, 1.807) is 47.3 Å². The average molecular weight is 407 g/mol. The number of hydrogen-bond acceptors (Lipinski definition) is 6. The number of nitrogens with one attached hydrogen (secondary N) is 1. The van der Waals surface area contributed by atoms with Crippen LogP contribution in [0.5, 0.6) is 0 Å². The highest BCUT2D eigenvalue weighted by Gasteiger charge is 2.36. The van der Waals surface area contributed by atoms with Crippen LogP contribution in [0.3, 0.4) is 0 Å². The molecule has 1 N–H and O–H groups in total. The highest BCUT2D eigenvalue weighted by atomic mass is 19.1. The van der Waals surface area contributed by atoms with Crippen LogP contribution in [0.4, 0.5) is 4.39 Å². The van der Waals surface area contributed by atoms with Crippen molar-refractivity contribution in [1.29, 1.82) is 0 Å². The van der Waals surface area contributed by atoms with Crippen molar-refractivity contribution in [3.63, 3.8) is 0 Å². The van der Waals surface area contributed by atoms with Gasteiger partial charge in [0.05, 0.1) is 12.3 Å². The fourth-order valence-electron chi connectivity index (χ4n) is 4.19. The molecule has 0 spiro atoms. The van der Waals surface area contributed by atoms with Crippen LogP contribution < -0.4 is 5.32 Å². The Kier molecular flexibility index (Phi) is 4.57. The molecule has 2 aromatic rings. The van der Waals surface area contributed by atoms with Crippen LogP contribution in [-0.2, 0) is 7.05 Å². The molecule has 5 rings (SSSR count). The van der Waals surface area contributed by atoms with Gasteiger partial charge in [-0.15, -0.1) is 0 Å². The molecule has 0 aliphatic carbocycles. The van der Waals surface area contributed by atoms with Crippen LogP contribution in [0.25, 0.3) is 0 Å². The van der Waals surface area contributed by atoms with Gasteiger partial charge in [-0.2, -0.15) is 10.2 Å². The van der Waals surface area contributed by atoms with Gasteiger partial charge in [-0.05, 0) is 42.7 Å². The van der Waals surface area contributed by atoms with E-state index in [4.69, 9.17) is 4.99 Å². The maximum absolute atomic E-state index is 13.7. The van der Waals surface area contributed by atoms with E-state index in [0.717, 1.165) is 30.8 Å². The molecule has 1 saturated heterocycles. The topological polar surface area (TPSA) is 78.1 Å². The van der Waals surface area contributed by atoms with E-state index in [-0.39, 0.29) is 30.0 Å². The van der Waals surface area contributed by atoms with Gasteiger partial charge in [0.25, 0.3) is 5.91 Å². The zero-order valence-electron chi connectivity index (χ0n) is 16.5.